The van der Waals surface area contributed by atoms with Crippen LogP contribution in [0.3, 0.4) is 0 Å². The summed E-state index contributed by atoms with van der Waals surface area (Å²) >= 11 is 5.68. The number of nitrogens with two attached hydrogens (primary N) is 1. The Hall–Kier alpha value is -1.14. The molecule has 1 aromatic heterocycles. The lowest BCUT2D eigenvalue weighted by atomic mass is 10.1. The largest absolute Gasteiger partial charge is 0.393 e. The van der Waals surface area contributed by atoms with Crippen LogP contribution in [0.2, 0.25) is 5.28 Å². The fourth-order valence-corrected chi connectivity index (χ4v) is 1.72. The maximum Gasteiger partial charge on any atom is 0.231 e. The van der Waals surface area contributed by atoms with Gasteiger partial charge in [-0.15, -0.1) is 0 Å². The van der Waals surface area contributed by atoms with Gasteiger partial charge in [-0.2, -0.15) is 15.0 Å². The van der Waals surface area contributed by atoms with E-state index in [9.17, 15) is 5.11 Å². The van der Waals surface area contributed by atoms with Crippen LogP contribution in [0.1, 0.15) is 12.8 Å². The van der Waals surface area contributed by atoms with Gasteiger partial charge in [0.05, 0.1) is 6.10 Å². The number of hydrogen-bond donors (Lipinski definition) is 2. The van der Waals surface area contributed by atoms with Crippen LogP contribution in [0.25, 0.3) is 0 Å². The maximum atomic E-state index is 9.35. The topological polar surface area (TPSA) is 88.2 Å². The van der Waals surface area contributed by atoms with Crippen molar-refractivity contribution in [2.45, 2.75) is 18.9 Å². The summed E-state index contributed by atoms with van der Waals surface area (Å²) in [7, 11) is 0. The molecule has 0 aliphatic carbocycles. The lowest BCUT2D eigenvalue weighted by molar-refractivity contribution is 0.145. The van der Waals surface area contributed by atoms with Crippen molar-refractivity contribution in [1.82, 2.24) is 15.0 Å². The van der Waals surface area contributed by atoms with Crippen LogP contribution in [0, 0.1) is 0 Å². The van der Waals surface area contributed by atoms with Gasteiger partial charge in [-0.1, -0.05) is 0 Å². The SMILES string of the molecule is Nc1nc(Cl)nc(N2CCC(O)CC2)n1. The molecule has 1 aliphatic rings. The third-order valence-corrected chi connectivity index (χ3v) is 2.53. The molecule has 1 fully saturated rings. The van der Waals surface area contributed by atoms with Crippen LogP contribution in [-0.4, -0.2) is 39.3 Å². The average Bonchev–Trinajstić information content (AvgIpc) is 2.17. The van der Waals surface area contributed by atoms with Gasteiger partial charge in [-0.3, -0.25) is 0 Å². The maximum absolute atomic E-state index is 9.35. The molecule has 1 saturated heterocycles. The molecule has 6 nitrogen and oxygen atoms in total. The standard InChI is InChI=1S/C8H12ClN5O/c9-6-11-7(10)13-8(12-6)14-3-1-5(15)2-4-14/h5,15H,1-4H2,(H2,10,11,12,13). The van der Waals surface area contributed by atoms with Crippen molar-refractivity contribution in [2.24, 2.45) is 0 Å². The monoisotopic (exact) mass is 229 g/mol. The Bertz CT molecular complexity index is 333. The van der Waals surface area contributed by atoms with E-state index in [2.05, 4.69) is 15.0 Å². The second-order valence-electron chi connectivity index (χ2n) is 3.48. The van der Waals surface area contributed by atoms with Crippen molar-refractivity contribution in [3.8, 4) is 0 Å². The molecule has 0 unspecified atom stereocenters. The molecular formula is C8H12ClN5O. The summed E-state index contributed by atoms with van der Waals surface area (Å²) < 4.78 is 0. The Balaban J connectivity index is 2.15. The van der Waals surface area contributed by atoms with Crippen molar-refractivity contribution in [1.29, 1.82) is 0 Å². The summed E-state index contributed by atoms with van der Waals surface area (Å²) in [5, 5.41) is 9.45. The normalized spacial score (nSPS) is 18.1. The fraction of sp³-hybridized carbons (Fsp3) is 0.625. The van der Waals surface area contributed by atoms with Gasteiger partial charge in [0.25, 0.3) is 0 Å². The predicted molar refractivity (Wildman–Crippen MR) is 56.7 cm³/mol. The minimum absolute atomic E-state index is 0.101. The van der Waals surface area contributed by atoms with Crippen LogP contribution < -0.4 is 10.6 Å². The second-order valence-corrected chi connectivity index (χ2v) is 3.82. The molecule has 3 N–H and O–H groups in total. The van der Waals surface area contributed by atoms with Gasteiger partial charge in [0.1, 0.15) is 0 Å². The molecule has 0 atom stereocenters. The molecule has 1 aromatic rings. The van der Waals surface area contributed by atoms with Crippen molar-refractivity contribution >= 4 is 23.5 Å². The summed E-state index contributed by atoms with van der Waals surface area (Å²) in [4.78, 5) is 13.6. The molecule has 15 heavy (non-hydrogen) atoms. The summed E-state index contributed by atoms with van der Waals surface area (Å²) in [6.45, 7) is 1.42. The summed E-state index contributed by atoms with van der Waals surface area (Å²) in [5.41, 5.74) is 5.47. The highest BCUT2D eigenvalue weighted by Gasteiger charge is 2.19. The van der Waals surface area contributed by atoms with E-state index in [0.29, 0.717) is 31.9 Å². The number of anilines is 2. The highest BCUT2D eigenvalue weighted by molar-refractivity contribution is 6.28. The van der Waals surface area contributed by atoms with Gasteiger partial charge >= 0.3 is 0 Å². The lowest BCUT2D eigenvalue weighted by Gasteiger charge is -2.29. The Morgan fingerprint density at radius 3 is 2.53 bits per heavy atom. The van der Waals surface area contributed by atoms with Gasteiger partial charge in [-0.05, 0) is 24.4 Å². The van der Waals surface area contributed by atoms with Crippen LogP contribution in [-0.2, 0) is 0 Å². The first-order valence-electron chi connectivity index (χ1n) is 4.75. The van der Waals surface area contributed by atoms with Crippen LogP contribution in [0.4, 0.5) is 11.9 Å². The summed E-state index contributed by atoms with van der Waals surface area (Å²) in [6, 6.07) is 0. The van der Waals surface area contributed by atoms with E-state index in [1.165, 1.54) is 0 Å². The van der Waals surface area contributed by atoms with E-state index in [1.54, 1.807) is 0 Å². The van der Waals surface area contributed by atoms with E-state index >= 15 is 0 Å². The third kappa shape index (κ3) is 2.45. The average molecular weight is 230 g/mol. The predicted octanol–water partition coefficient (Wildman–Crippen LogP) is 0.0683. The van der Waals surface area contributed by atoms with Gasteiger partial charge < -0.3 is 15.7 Å². The molecule has 0 amide bonds. The molecule has 0 radical (unpaired) electrons. The number of nitrogen functional groups attached to an aromatic ring is 1. The minimum atomic E-state index is -0.226. The van der Waals surface area contributed by atoms with Gasteiger partial charge in [0.15, 0.2) is 0 Å². The fourth-order valence-electron chi connectivity index (χ4n) is 1.56. The second kappa shape index (κ2) is 4.16. The van der Waals surface area contributed by atoms with E-state index in [4.69, 9.17) is 17.3 Å². The number of rotatable bonds is 1. The third-order valence-electron chi connectivity index (χ3n) is 2.36. The van der Waals surface area contributed by atoms with Crippen molar-refractivity contribution in [3.05, 3.63) is 5.28 Å². The molecule has 7 heteroatoms. The molecule has 1 aliphatic heterocycles. The zero-order valence-corrected chi connectivity index (χ0v) is 8.85. The molecular weight excluding hydrogens is 218 g/mol. The van der Waals surface area contributed by atoms with Crippen molar-refractivity contribution in [3.63, 3.8) is 0 Å². The zero-order chi connectivity index (χ0) is 10.8. The molecule has 2 heterocycles. The van der Waals surface area contributed by atoms with Crippen LogP contribution >= 0.6 is 11.6 Å². The lowest BCUT2D eigenvalue weighted by Crippen LogP contribution is -2.37. The summed E-state index contributed by atoms with van der Waals surface area (Å²) in [6.07, 6.45) is 1.20. The quantitative estimate of drug-likeness (QED) is 0.709. The zero-order valence-electron chi connectivity index (χ0n) is 8.10. The Morgan fingerprint density at radius 1 is 1.27 bits per heavy atom. The number of aromatic nitrogens is 3. The van der Waals surface area contributed by atoms with E-state index in [-0.39, 0.29) is 17.3 Å². The van der Waals surface area contributed by atoms with Crippen LogP contribution in [0.15, 0.2) is 0 Å². The molecule has 0 spiro atoms. The number of aliphatic hydroxyl groups excluding tert-OH is 1. The summed E-state index contributed by atoms with van der Waals surface area (Å²) in [5.74, 6) is 0.607. The van der Waals surface area contributed by atoms with Gasteiger partial charge in [-0.25, -0.2) is 0 Å². The number of hydrogen-bond acceptors (Lipinski definition) is 6. The highest BCUT2D eigenvalue weighted by Crippen LogP contribution is 2.17. The van der Waals surface area contributed by atoms with E-state index in [0.717, 1.165) is 0 Å². The Morgan fingerprint density at radius 2 is 1.93 bits per heavy atom. The first-order chi connectivity index (χ1) is 7.15. The van der Waals surface area contributed by atoms with Crippen molar-refractivity contribution < 1.29 is 5.11 Å². The van der Waals surface area contributed by atoms with E-state index in [1.807, 2.05) is 4.90 Å². The highest BCUT2D eigenvalue weighted by atomic mass is 35.5. The first kappa shape index (κ1) is 10.4. The molecule has 2 rings (SSSR count). The van der Waals surface area contributed by atoms with Crippen LogP contribution in [0.5, 0.6) is 0 Å². The number of aliphatic hydroxyl groups is 1. The Labute approximate surface area is 92.1 Å². The molecule has 0 bridgehead atoms. The van der Waals surface area contributed by atoms with Gasteiger partial charge in [0.2, 0.25) is 17.2 Å². The number of halogens is 1. The molecule has 82 valence electrons. The minimum Gasteiger partial charge on any atom is -0.393 e. The number of piperidine rings is 1. The molecule has 0 aromatic carbocycles. The van der Waals surface area contributed by atoms with Gasteiger partial charge in [0, 0.05) is 13.1 Å². The van der Waals surface area contributed by atoms with Crippen molar-refractivity contribution in [2.75, 3.05) is 23.7 Å². The smallest absolute Gasteiger partial charge is 0.231 e. The Kier molecular flexibility index (Phi) is 2.88. The first-order valence-corrected chi connectivity index (χ1v) is 5.13. The van der Waals surface area contributed by atoms with E-state index < -0.39 is 0 Å². The molecule has 0 saturated carbocycles. The number of nitrogens with zero attached hydrogens (tertiary/aromatic N) is 4.